The lowest BCUT2D eigenvalue weighted by Crippen LogP contribution is -2.51. The van der Waals surface area contributed by atoms with Crippen molar-refractivity contribution in [1.82, 2.24) is 4.90 Å². The lowest BCUT2D eigenvalue weighted by atomic mass is 9.81. The highest BCUT2D eigenvalue weighted by atomic mass is 16.5. The van der Waals surface area contributed by atoms with Gasteiger partial charge in [0.15, 0.2) is 0 Å². The van der Waals surface area contributed by atoms with E-state index >= 15 is 0 Å². The highest BCUT2D eigenvalue weighted by molar-refractivity contribution is 5.91. The van der Waals surface area contributed by atoms with Gasteiger partial charge in [-0.25, -0.2) is 0 Å². The molecule has 3 aliphatic rings. The van der Waals surface area contributed by atoms with E-state index < -0.39 is 0 Å². The topological polar surface area (TPSA) is 38.8 Å². The van der Waals surface area contributed by atoms with Crippen LogP contribution >= 0.6 is 0 Å². The van der Waals surface area contributed by atoms with Crippen molar-refractivity contribution < 1.29 is 14.3 Å². The van der Waals surface area contributed by atoms with E-state index in [4.69, 9.17) is 9.47 Å². The Morgan fingerprint density at radius 3 is 2.45 bits per heavy atom. The molecule has 0 radical (unpaired) electrons. The molecule has 1 aromatic rings. The molecule has 4 nitrogen and oxygen atoms in total. The number of ether oxygens (including phenoxy) is 2. The van der Waals surface area contributed by atoms with Crippen LogP contribution in [0.25, 0.3) is 0 Å². The molecular weight excluding hydrogens is 278 g/mol. The minimum atomic E-state index is -0.341. The van der Waals surface area contributed by atoms with Crippen LogP contribution in [0.1, 0.15) is 37.8 Å². The van der Waals surface area contributed by atoms with Crippen LogP contribution in [0, 0.1) is 11.3 Å². The van der Waals surface area contributed by atoms with Crippen molar-refractivity contribution in [3.63, 3.8) is 0 Å². The van der Waals surface area contributed by atoms with E-state index in [9.17, 15) is 4.79 Å². The number of rotatable bonds is 3. The first kappa shape index (κ1) is 13.9. The van der Waals surface area contributed by atoms with Gasteiger partial charge >= 0.3 is 0 Å². The zero-order valence-electron chi connectivity index (χ0n) is 13.7. The van der Waals surface area contributed by atoms with E-state index in [1.165, 1.54) is 5.56 Å². The zero-order valence-corrected chi connectivity index (χ0v) is 13.7. The number of carbonyl (C=O) groups excluding carboxylic acids is 1. The predicted octanol–water partition coefficient (Wildman–Crippen LogP) is 2.73. The summed E-state index contributed by atoms with van der Waals surface area (Å²) in [6, 6.07) is 4.00. The number of amides is 1. The number of fused-ring (bicyclic) bond motifs is 2. The van der Waals surface area contributed by atoms with E-state index in [0.29, 0.717) is 11.8 Å². The summed E-state index contributed by atoms with van der Waals surface area (Å²) in [5.74, 6) is 2.66. The maximum absolute atomic E-state index is 12.9. The monoisotopic (exact) mass is 301 g/mol. The van der Waals surface area contributed by atoms with Gasteiger partial charge in [-0.1, -0.05) is 0 Å². The molecule has 1 aliphatic heterocycles. The first-order valence-electron chi connectivity index (χ1n) is 8.01. The summed E-state index contributed by atoms with van der Waals surface area (Å²) in [7, 11) is 3.35. The van der Waals surface area contributed by atoms with E-state index in [1.54, 1.807) is 14.2 Å². The molecule has 4 heteroatoms. The number of carbonyl (C=O) groups is 1. The van der Waals surface area contributed by atoms with E-state index in [1.807, 2.05) is 6.07 Å². The molecule has 1 aromatic carbocycles. The van der Waals surface area contributed by atoms with Crippen LogP contribution in [0.5, 0.6) is 11.5 Å². The lowest BCUT2D eigenvalue weighted by Gasteiger charge is -2.45. The maximum atomic E-state index is 12.9. The van der Waals surface area contributed by atoms with Crippen molar-refractivity contribution in [3.05, 3.63) is 23.3 Å². The molecular formula is C18H23NO3. The van der Waals surface area contributed by atoms with Crippen LogP contribution in [-0.2, 0) is 16.8 Å². The number of nitrogens with zero attached hydrogens (tertiary/aromatic N) is 1. The third-order valence-electron chi connectivity index (χ3n) is 5.86. The summed E-state index contributed by atoms with van der Waals surface area (Å²) in [5.41, 5.74) is 2.04. The molecule has 1 heterocycles. The van der Waals surface area contributed by atoms with Crippen molar-refractivity contribution in [2.75, 3.05) is 20.8 Å². The van der Waals surface area contributed by atoms with Crippen molar-refractivity contribution in [2.24, 2.45) is 11.3 Å². The Hall–Kier alpha value is -1.71. The number of benzene rings is 1. The molecule has 2 aliphatic carbocycles. The fourth-order valence-corrected chi connectivity index (χ4v) is 4.14. The summed E-state index contributed by atoms with van der Waals surface area (Å²) < 4.78 is 11.0. The van der Waals surface area contributed by atoms with Crippen LogP contribution in [0.15, 0.2) is 12.1 Å². The molecule has 0 unspecified atom stereocenters. The maximum Gasteiger partial charge on any atom is 0.229 e. The quantitative estimate of drug-likeness (QED) is 0.861. The summed E-state index contributed by atoms with van der Waals surface area (Å²) in [6.07, 6.45) is 3.06. The van der Waals surface area contributed by atoms with Crippen molar-refractivity contribution >= 4 is 5.91 Å². The standard InChI is InChI=1S/C18H23NO3/c1-17(2)15-11(7-13(21-3)8-14(15)22-4)5-6-19(17)16(20)18-9-12(18)10-18/h7-8,12H,5-6,9-10H2,1-4H3. The molecule has 0 aromatic heterocycles. The van der Waals surface area contributed by atoms with Gasteiger partial charge in [-0.2, -0.15) is 0 Å². The van der Waals surface area contributed by atoms with Gasteiger partial charge < -0.3 is 14.4 Å². The Morgan fingerprint density at radius 2 is 1.91 bits per heavy atom. The second kappa shape index (κ2) is 4.18. The van der Waals surface area contributed by atoms with Crippen LogP contribution in [-0.4, -0.2) is 31.6 Å². The Morgan fingerprint density at radius 1 is 1.23 bits per heavy atom. The van der Waals surface area contributed by atoms with Crippen LogP contribution in [0.3, 0.4) is 0 Å². The van der Waals surface area contributed by atoms with Gasteiger partial charge in [-0.05, 0) is 50.7 Å². The smallest absolute Gasteiger partial charge is 0.229 e. The average Bonchev–Trinajstić information content (AvgIpc) is 3.34. The third-order valence-corrected chi connectivity index (χ3v) is 5.86. The molecule has 2 saturated carbocycles. The summed E-state index contributed by atoms with van der Waals surface area (Å²) in [5, 5.41) is 0. The van der Waals surface area contributed by atoms with Gasteiger partial charge in [-0.3, -0.25) is 4.79 Å². The first-order chi connectivity index (χ1) is 10.4. The molecule has 1 amide bonds. The van der Waals surface area contributed by atoms with E-state index in [0.717, 1.165) is 42.9 Å². The van der Waals surface area contributed by atoms with Crippen molar-refractivity contribution in [2.45, 2.75) is 38.6 Å². The van der Waals surface area contributed by atoms with Gasteiger partial charge in [0.05, 0.1) is 25.2 Å². The molecule has 0 atom stereocenters. The molecule has 0 bridgehead atoms. The largest absolute Gasteiger partial charge is 0.497 e. The molecule has 0 N–H and O–H groups in total. The van der Waals surface area contributed by atoms with Crippen LogP contribution < -0.4 is 9.47 Å². The van der Waals surface area contributed by atoms with Crippen molar-refractivity contribution in [1.29, 1.82) is 0 Å². The first-order valence-corrected chi connectivity index (χ1v) is 8.01. The molecule has 118 valence electrons. The normalized spacial score (nSPS) is 30.2. The second-order valence-corrected chi connectivity index (χ2v) is 7.39. The Bertz CT molecular complexity index is 641. The predicted molar refractivity (Wildman–Crippen MR) is 83.1 cm³/mol. The molecule has 22 heavy (non-hydrogen) atoms. The summed E-state index contributed by atoms with van der Waals surface area (Å²) >= 11 is 0. The minimum Gasteiger partial charge on any atom is -0.497 e. The molecule has 0 spiro atoms. The summed E-state index contributed by atoms with van der Waals surface area (Å²) in [6.45, 7) is 5.05. The molecule has 4 rings (SSSR count). The van der Waals surface area contributed by atoms with Gasteiger partial charge in [0.2, 0.25) is 5.91 Å². The average molecular weight is 301 g/mol. The highest BCUT2D eigenvalue weighted by Crippen LogP contribution is 2.76. The minimum absolute atomic E-state index is 0.0223. The lowest BCUT2D eigenvalue weighted by molar-refractivity contribution is -0.141. The zero-order chi connectivity index (χ0) is 15.7. The Labute approximate surface area is 131 Å². The van der Waals surface area contributed by atoms with Gasteiger partial charge in [0.25, 0.3) is 0 Å². The number of hydrogen-bond acceptors (Lipinski definition) is 3. The SMILES string of the molecule is COc1cc2c(c(OC)c1)C(C)(C)N(C(=O)C13CC1C3)CC2. The van der Waals surface area contributed by atoms with Crippen LogP contribution in [0.2, 0.25) is 0 Å². The second-order valence-electron chi connectivity index (χ2n) is 7.39. The van der Waals surface area contributed by atoms with Crippen LogP contribution in [0.4, 0.5) is 0 Å². The third kappa shape index (κ3) is 1.67. The Balaban J connectivity index is 1.77. The fraction of sp³-hybridized carbons (Fsp3) is 0.611. The molecule has 0 saturated heterocycles. The van der Waals surface area contributed by atoms with Gasteiger partial charge in [0.1, 0.15) is 11.5 Å². The van der Waals surface area contributed by atoms with E-state index in [-0.39, 0.29) is 11.0 Å². The fourth-order valence-electron chi connectivity index (χ4n) is 4.14. The number of hydrogen-bond donors (Lipinski definition) is 0. The summed E-state index contributed by atoms with van der Waals surface area (Å²) in [4.78, 5) is 15.0. The van der Waals surface area contributed by atoms with Crippen molar-refractivity contribution in [3.8, 4) is 11.5 Å². The number of methoxy groups -OCH3 is 2. The van der Waals surface area contributed by atoms with Gasteiger partial charge in [-0.15, -0.1) is 0 Å². The Kier molecular flexibility index (Phi) is 2.64. The van der Waals surface area contributed by atoms with E-state index in [2.05, 4.69) is 24.8 Å². The highest BCUT2D eigenvalue weighted by Gasteiger charge is 2.75. The van der Waals surface area contributed by atoms with Gasteiger partial charge in [0, 0.05) is 18.2 Å². The molecule has 2 fully saturated rings.